The second-order valence-electron chi connectivity index (χ2n) is 4.26. The molecule has 0 N–H and O–H groups in total. The minimum atomic E-state index is 0.580. The fourth-order valence-corrected chi connectivity index (χ4v) is 1.76. The number of imidazole rings is 1. The molecular weight excluding hydrogens is 240 g/mol. The highest BCUT2D eigenvalue weighted by Gasteiger charge is 1.96. The SMILES string of the molecule is CCc1cccc(OCCOCCn2ccnc2)c1. The summed E-state index contributed by atoms with van der Waals surface area (Å²) < 4.78 is 13.1. The van der Waals surface area contributed by atoms with E-state index in [2.05, 4.69) is 24.0 Å². The molecule has 19 heavy (non-hydrogen) atoms. The zero-order chi connectivity index (χ0) is 13.3. The molecular formula is C15H20N2O2. The molecule has 1 aromatic heterocycles. The first-order chi connectivity index (χ1) is 9.38. The van der Waals surface area contributed by atoms with E-state index in [-0.39, 0.29) is 0 Å². The lowest BCUT2D eigenvalue weighted by Crippen LogP contribution is -2.10. The maximum Gasteiger partial charge on any atom is 0.119 e. The maximum absolute atomic E-state index is 5.64. The second kappa shape index (κ2) is 7.59. The van der Waals surface area contributed by atoms with Gasteiger partial charge in [-0.2, -0.15) is 0 Å². The second-order valence-corrected chi connectivity index (χ2v) is 4.26. The highest BCUT2D eigenvalue weighted by molar-refractivity contribution is 5.28. The van der Waals surface area contributed by atoms with Crippen molar-refractivity contribution >= 4 is 0 Å². The number of nitrogens with zero attached hydrogens (tertiary/aromatic N) is 2. The molecule has 0 aliphatic heterocycles. The molecule has 0 atom stereocenters. The van der Waals surface area contributed by atoms with Crippen LogP contribution >= 0.6 is 0 Å². The molecule has 102 valence electrons. The van der Waals surface area contributed by atoms with E-state index in [0.29, 0.717) is 19.8 Å². The number of ether oxygens (including phenoxy) is 2. The minimum Gasteiger partial charge on any atom is -0.491 e. The molecule has 0 aliphatic rings. The Morgan fingerprint density at radius 2 is 2.16 bits per heavy atom. The van der Waals surface area contributed by atoms with Crippen LogP contribution in [0.1, 0.15) is 12.5 Å². The molecule has 0 radical (unpaired) electrons. The molecule has 4 heteroatoms. The molecule has 2 aromatic rings. The fourth-order valence-electron chi connectivity index (χ4n) is 1.76. The van der Waals surface area contributed by atoms with Crippen LogP contribution in [0.25, 0.3) is 0 Å². The van der Waals surface area contributed by atoms with E-state index in [1.54, 1.807) is 12.5 Å². The molecule has 0 fully saturated rings. The van der Waals surface area contributed by atoms with Gasteiger partial charge >= 0.3 is 0 Å². The van der Waals surface area contributed by atoms with Gasteiger partial charge in [0.1, 0.15) is 12.4 Å². The van der Waals surface area contributed by atoms with Crippen LogP contribution in [0, 0.1) is 0 Å². The van der Waals surface area contributed by atoms with E-state index in [1.807, 2.05) is 22.9 Å². The smallest absolute Gasteiger partial charge is 0.119 e. The molecule has 0 bridgehead atoms. The van der Waals surface area contributed by atoms with E-state index >= 15 is 0 Å². The van der Waals surface area contributed by atoms with E-state index < -0.39 is 0 Å². The normalized spacial score (nSPS) is 10.6. The van der Waals surface area contributed by atoms with Crippen molar-refractivity contribution in [1.82, 2.24) is 9.55 Å². The Balaban J connectivity index is 1.58. The monoisotopic (exact) mass is 260 g/mol. The zero-order valence-electron chi connectivity index (χ0n) is 11.3. The molecule has 0 saturated heterocycles. The predicted octanol–water partition coefficient (Wildman–Crippen LogP) is 2.54. The van der Waals surface area contributed by atoms with E-state index in [9.17, 15) is 0 Å². The van der Waals surface area contributed by atoms with E-state index in [0.717, 1.165) is 18.7 Å². The van der Waals surface area contributed by atoms with Crippen LogP contribution in [0.3, 0.4) is 0 Å². The third-order valence-electron chi connectivity index (χ3n) is 2.86. The van der Waals surface area contributed by atoms with Crippen molar-refractivity contribution in [3.63, 3.8) is 0 Å². The zero-order valence-corrected chi connectivity index (χ0v) is 11.3. The average Bonchev–Trinajstić information content (AvgIpc) is 2.96. The number of rotatable bonds is 8. The number of aromatic nitrogens is 2. The lowest BCUT2D eigenvalue weighted by Gasteiger charge is -2.08. The summed E-state index contributed by atoms with van der Waals surface area (Å²) in [6.07, 6.45) is 6.51. The highest BCUT2D eigenvalue weighted by Crippen LogP contribution is 2.13. The molecule has 0 spiro atoms. The summed E-state index contributed by atoms with van der Waals surface area (Å²) >= 11 is 0. The van der Waals surface area contributed by atoms with Crippen molar-refractivity contribution in [2.75, 3.05) is 19.8 Å². The van der Waals surface area contributed by atoms with Crippen LogP contribution in [0.2, 0.25) is 0 Å². The van der Waals surface area contributed by atoms with Crippen LogP contribution in [0.5, 0.6) is 5.75 Å². The topological polar surface area (TPSA) is 36.3 Å². The van der Waals surface area contributed by atoms with Crippen molar-refractivity contribution in [2.24, 2.45) is 0 Å². The summed E-state index contributed by atoms with van der Waals surface area (Å²) in [5.74, 6) is 0.914. The van der Waals surface area contributed by atoms with Gasteiger partial charge in [0, 0.05) is 18.9 Å². The lowest BCUT2D eigenvalue weighted by atomic mass is 10.2. The molecule has 0 unspecified atom stereocenters. The summed E-state index contributed by atoms with van der Waals surface area (Å²) in [4.78, 5) is 3.98. The molecule has 0 aliphatic carbocycles. The van der Waals surface area contributed by atoms with Crippen molar-refractivity contribution in [3.8, 4) is 5.75 Å². The number of aryl methyl sites for hydroxylation is 1. The van der Waals surface area contributed by atoms with Crippen molar-refractivity contribution in [1.29, 1.82) is 0 Å². The minimum absolute atomic E-state index is 0.580. The number of hydrogen-bond acceptors (Lipinski definition) is 3. The molecule has 2 rings (SSSR count). The molecule has 1 heterocycles. The van der Waals surface area contributed by atoms with Gasteiger partial charge in [0.15, 0.2) is 0 Å². The Morgan fingerprint density at radius 3 is 2.95 bits per heavy atom. The Kier molecular flexibility index (Phi) is 5.44. The van der Waals surface area contributed by atoms with Gasteiger partial charge in [0.2, 0.25) is 0 Å². The Morgan fingerprint density at radius 1 is 1.21 bits per heavy atom. The largest absolute Gasteiger partial charge is 0.491 e. The van der Waals surface area contributed by atoms with Gasteiger partial charge in [-0.3, -0.25) is 0 Å². The van der Waals surface area contributed by atoms with Gasteiger partial charge in [-0.1, -0.05) is 19.1 Å². The molecule has 1 aromatic carbocycles. The maximum atomic E-state index is 5.64. The van der Waals surface area contributed by atoms with Crippen molar-refractivity contribution in [2.45, 2.75) is 19.9 Å². The number of benzene rings is 1. The summed E-state index contributed by atoms with van der Waals surface area (Å²) in [6.45, 7) is 4.82. The molecule has 4 nitrogen and oxygen atoms in total. The van der Waals surface area contributed by atoms with Crippen molar-refractivity contribution in [3.05, 3.63) is 48.5 Å². The number of hydrogen-bond donors (Lipinski definition) is 0. The van der Waals surface area contributed by atoms with E-state index in [1.165, 1.54) is 5.56 Å². The highest BCUT2D eigenvalue weighted by atomic mass is 16.5. The quantitative estimate of drug-likeness (QED) is 0.684. The van der Waals surface area contributed by atoms with Gasteiger partial charge in [0.25, 0.3) is 0 Å². The Hall–Kier alpha value is -1.81. The standard InChI is InChI=1S/C15H20N2O2/c1-2-14-4-3-5-15(12-14)19-11-10-18-9-8-17-7-6-16-13-17/h3-7,12-13H,2,8-11H2,1H3. The van der Waals surface area contributed by atoms with Gasteiger partial charge in [0.05, 0.1) is 19.5 Å². The van der Waals surface area contributed by atoms with Crippen LogP contribution in [-0.4, -0.2) is 29.4 Å². The lowest BCUT2D eigenvalue weighted by molar-refractivity contribution is 0.0943. The Bertz CT molecular complexity index is 469. The van der Waals surface area contributed by atoms with Crippen LogP contribution in [0.15, 0.2) is 43.0 Å². The Labute approximate surface area is 114 Å². The van der Waals surface area contributed by atoms with Crippen LogP contribution < -0.4 is 4.74 Å². The third kappa shape index (κ3) is 4.75. The van der Waals surface area contributed by atoms with Gasteiger partial charge in [-0.05, 0) is 24.1 Å². The summed E-state index contributed by atoms with van der Waals surface area (Å²) in [7, 11) is 0. The van der Waals surface area contributed by atoms with Crippen LogP contribution in [0.4, 0.5) is 0 Å². The van der Waals surface area contributed by atoms with Gasteiger partial charge < -0.3 is 14.0 Å². The first kappa shape index (κ1) is 13.6. The van der Waals surface area contributed by atoms with Gasteiger partial charge in [-0.15, -0.1) is 0 Å². The van der Waals surface area contributed by atoms with Crippen molar-refractivity contribution < 1.29 is 9.47 Å². The molecule has 0 saturated carbocycles. The summed E-state index contributed by atoms with van der Waals surface area (Å²) in [5, 5.41) is 0. The molecule has 0 amide bonds. The fraction of sp³-hybridized carbons (Fsp3) is 0.400. The first-order valence-electron chi connectivity index (χ1n) is 6.63. The van der Waals surface area contributed by atoms with E-state index in [4.69, 9.17) is 9.47 Å². The summed E-state index contributed by atoms with van der Waals surface area (Å²) in [6, 6.07) is 8.18. The van der Waals surface area contributed by atoms with Crippen LogP contribution in [-0.2, 0) is 17.7 Å². The van der Waals surface area contributed by atoms with Gasteiger partial charge in [-0.25, -0.2) is 4.98 Å². The average molecular weight is 260 g/mol. The summed E-state index contributed by atoms with van der Waals surface area (Å²) in [5.41, 5.74) is 1.29. The third-order valence-corrected chi connectivity index (χ3v) is 2.86. The first-order valence-corrected chi connectivity index (χ1v) is 6.63. The predicted molar refractivity (Wildman–Crippen MR) is 74.4 cm³/mol.